The molecule has 2 N–H and O–H groups in total. The SMILES string of the molecule is Cc1nc(Nc2ccccc2)cc(Nc2ccc(Cl)cc2C)n1. The van der Waals surface area contributed by atoms with Gasteiger partial charge in [-0.1, -0.05) is 29.8 Å². The van der Waals surface area contributed by atoms with E-state index in [1.54, 1.807) is 0 Å². The highest BCUT2D eigenvalue weighted by Crippen LogP contribution is 2.24. The number of nitrogens with one attached hydrogen (secondary N) is 2. The zero-order valence-electron chi connectivity index (χ0n) is 13.0. The van der Waals surface area contributed by atoms with E-state index in [4.69, 9.17) is 11.6 Å². The van der Waals surface area contributed by atoms with Gasteiger partial charge in [-0.25, -0.2) is 9.97 Å². The van der Waals surface area contributed by atoms with Gasteiger partial charge in [0.15, 0.2) is 0 Å². The summed E-state index contributed by atoms with van der Waals surface area (Å²) >= 11 is 6.00. The van der Waals surface area contributed by atoms with Crippen molar-refractivity contribution >= 4 is 34.6 Å². The van der Waals surface area contributed by atoms with E-state index in [0.29, 0.717) is 5.82 Å². The number of para-hydroxylation sites is 1. The van der Waals surface area contributed by atoms with Crippen molar-refractivity contribution < 1.29 is 0 Å². The van der Waals surface area contributed by atoms with Crippen LogP contribution in [0, 0.1) is 13.8 Å². The van der Waals surface area contributed by atoms with Crippen LogP contribution in [-0.4, -0.2) is 9.97 Å². The van der Waals surface area contributed by atoms with Crippen LogP contribution in [0.5, 0.6) is 0 Å². The van der Waals surface area contributed by atoms with Crippen LogP contribution in [0.4, 0.5) is 23.0 Å². The summed E-state index contributed by atoms with van der Waals surface area (Å²) in [5.41, 5.74) is 3.02. The zero-order chi connectivity index (χ0) is 16.2. The van der Waals surface area contributed by atoms with Crippen molar-refractivity contribution in [3.8, 4) is 0 Å². The zero-order valence-corrected chi connectivity index (χ0v) is 13.7. The quantitative estimate of drug-likeness (QED) is 0.689. The molecule has 0 radical (unpaired) electrons. The Morgan fingerprint density at radius 1 is 0.826 bits per heavy atom. The Labute approximate surface area is 140 Å². The van der Waals surface area contributed by atoms with Gasteiger partial charge in [0.05, 0.1) is 0 Å². The van der Waals surface area contributed by atoms with Crippen LogP contribution >= 0.6 is 11.6 Å². The molecule has 5 heteroatoms. The maximum Gasteiger partial charge on any atom is 0.136 e. The van der Waals surface area contributed by atoms with Crippen molar-refractivity contribution in [1.29, 1.82) is 0 Å². The summed E-state index contributed by atoms with van der Waals surface area (Å²) in [7, 11) is 0. The van der Waals surface area contributed by atoms with Gasteiger partial charge in [-0.3, -0.25) is 0 Å². The maximum absolute atomic E-state index is 6.00. The van der Waals surface area contributed by atoms with Crippen LogP contribution in [0.25, 0.3) is 0 Å². The minimum absolute atomic E-state index is 0.694. The molecule has 0 saturated carbocycles. The predicted molar refractivity (Wildman–Crippen MR) is 96.0 cm³/mol. The fourth-order valence-electron chi connectivity index (χ4n) is 2.27. The summed E-state index contributed by atoms with van der Waals surface area (Å²) in [5, 5.41) is 7.32. The fourth-order valence-corrected chi connectivity index (χ4v) is 2.50. The average molecular weight is 325 g/mol. The Kier molecular flexibility index (Phi) is 4.44. The van der Waals surface area contributed by atoms with Crippen molar-refractivity contribution in [2.45, 2.75) is 13.8 Å². The second-order valence-corrected chi connectivity index (χ2v) is 5.70. The molecule has 2 aromatic carbocycles. The van der Waals surface area contributed by atoms with E-state index >= 15 is 0 Å². The van der Waals surface area contributed by atoms with Crippen LogP contribution in [0.3, 0.4) is 0 Å². The number of halogens is 1. The van der Waals surface area contributed by atoms with Crippen LogP contribution in [0.15, 0.2) is 54.6 Å². The summed E-state index contributed by atoms with van der Waals surface area (Å²) in [6.45, 7) is 3.88. The molecule has 0 aliphatic rings. The van der Waals surface area contributed by atoms with Crippen LogP contribution in [0.1, 0.15) is 11.4 Å². The lowest BCUT2D eigenvalue weighted by atomic mass is 10.2. The Balaban J connectivity index is 1.85. The van der Waals surface area contributed by atoms with Crippen molar-refractivity contribution in [2.75, 3.05) is 10.6 Å². The Morgan fingerprint density at radius 3 is 2.22 bits per heavy atom. The maximum atomic E-state index is 6.00. The number of benzene rings is 2. The van der Waals surface area contributed by atoms with E-state index in [-0.39, 0.29) is 0 Å². The molecule has 1 aromatic heterocycles. The molecule has 0 unspecified atom stereocenters. The highest BCUT2D eigenvalue weighted by molar-refractivity contribution is 6.30. The molecule has 0 aliphatic heterocycles. The third-order valence-corrected chi connectivity index (χ3v) is 3.57. The molecule has 0 bridgehead atoms. The fraction of sp³-hybridized carbons (Fsp3) is 0.111. The molecule has 3 rings (SSSR count). The summed E-state index contributed by atoms with van der Waals surface area (Å²) < 4.78 is 0. The number of nitrogens with zero attached hydrogens (tertiary/aromatic N) is 2. The van der Waals surface area contributed by atoms with Gasteiger partial charge in [0.2, 0.25) is 0 Å². The smallest absolute Gasteiger partial charge is 0.136 e. The lowest BCUT2D eigenvalue weighted by molar-refractivity contribution is 1.06. The van der Waals surface area contributed by atoms with Gasteiger partial charge in [-0.15, -0.1) is 0 Å². The summed E-state index contributed by atoms with van der Waals surface area (Å²) in [4.78, 5) is 8.86. The van der Waals surface area contributed by atoms with Crippen LogP contribution < -0.4 is 10.6 Å². The minimum Gasteiger partial charge on any atom is -0.340 e. The number of anilines is 4. The van der Waals surface area contributed by atoms with Crippen LogP contribution in [-0.2, 0) is 0 Å². The van der Waals surface area contributed by atoms with Crippen LogP contribution in [0.2, 0.25) is 5.02 Å². The second-order valence-electron chi connectivity index (χ2n) is 5.26. The molecule has 0 aliphatic carbocycles. The summed E-state index contributed by atoms with van der Waals surface area (Å²) in [6, 6.07) is 17.5. The van der Waals surface area contributed by atoms with E-state index in [0.717, 1.165) is 33.6 Å². The molecule has 0 fully saturated rings. The normalized spacial score (nSPS) is 10.4. The molecule has 0 amide bonds. The third kappa shape index (κ3) is 3.99. The molecule has 116 valence electrons. The van der Waals surface area contributed by atoms with Gasteiger partial charge < -0.3 is 10.6 Å². The number of aryl methyl sites for hydroxylation is 2. The van der Waals surface area contributed by atoms with Crippen molar-refractivity contribution in [1.82, 2.24) is 9.97 Å². The lowest BCUT2D eigenvalue weighted by Crippen LogP contribution is -2.02. The molecule has 3 aromatic rings. The topological polar surface area (TPSA) is 49.8 Å². The van der Waals surface area contributed by atoms with Crippen molar-refractivity contribution in [3.63, 3.8) is 0 Å². The minimum atomic E-state index is 0.694. The van der Waals surface area contributed by atoms with Crippen molar-refractivity contribution in [2.24, 2.45) is 0 Å². The van der Waals surface area contributed by atoms with E-state index in [1.807, 2.05) is 68.4 Å². The van der Waals surface area contributed by atoms with Crippen molar-refractivity contribution in [3.05, 3.63) is 71.0 Å². The molecule has 4 nitrogen and oxygen atoms in total. The largest absolute Gasteiger partial charge is 0.340 e. The molecule has 0 atom stereocenters. The Bertz CT molecular complexity index is 819. The Hall–Kier alpha value is -2.59. The molecule has 23 heavy (non-hydrogen) atoms. The second kappa shape index (κ2) is 6.67. The molecule has 0 spiro atoms. The van der Waals surface area contributed by atoms with Gasteiger partial charge in [0.25, 0.3) is 0 Å². The monoisotopic (exact) mass is 324 g/mol. The van der Waals surface area contributed by atoms with Gasteiger partial charge in [0.1, 0.15) is 17.5 Å². The van der Waals surface area contributed by atoms with Gasteiger partial charge in [0, 0.05) is 22.5 Å². The standard InChI is InChI=1S/C18H17ClN4/c1-12-10-14(19)8-9-16(12)23-18-11-17(20-13(2)21-18)22-15-6-4-3-5-7-15/h3-11H,1-2H3,(H2,20,21,22,23). The van der Waals surface area contributed by atoms with E-state index in [1.165, 1.54) is 0 Å². The average Bonchev–Trinajstić information content (AvgIpc) is 2.50. The highest BCUT2D eigenvalue weighted by Gasteiger charge is 2.05. The first kappa shape index (κ1) is 15.3. The first-order valence-electron chi connectivity index (χ1n) is 7.31. The Morgan fingerprint density at radius 2 is 1.52 bits per heavy atom. The van der Waals surface area contributed by atoms with E-state index in [2.05, 4.69) is 20.6 Å². The predicted octanol–water partition coefficient (Wildman–Crippen LogP) is 5.23. The molecule has 0 saturated heterocycles. The first-order chi connectivity index (χ1) is 11.1. The number of hydrogen-bond acceptors (Lipinski definition) is 4. The van der Waals surface area contributed by atoms with E-state index in [9.17, 15) is 0 Å². The lowest BCUT2D eigenvalue weighted by Gasteiger charge is -2.12. The first-order valence-corrected chi connectivity index (χ1v) is 7.69. The highest BCUT2D eigenvalue weighted by atomic mass is 35.5. The van der Waals surface area contributed by atoms with E-state index < -0.39 is 0 Å². The summed E-state index contributed by atoms with van der Waals surface area (Å²) in [5.74, 6) is 2.18. The van der Waals surface area contributed by atoms with Gasteiger partial charge in [-0.2, -0.15) is 0 Å². The molecular formula is C18H17ClN4. The molecular weight excluding hydrogens is 308 g/mol. The van der Waals surface area contributed by atoms with Gasteiger partial charge in [-0.05, 0) is 49.7 Å². The number of hydrogen-bond donors (Lipinski definition) is 2. The van der Waals surface area contributed by atoms with Gasteiger partial charge >= 0.3 is 0 Å². The molecule has 1 heterocycles. The summed E-state index contributed by atoms with van der Waals surface area (Å²) in [6.07, 6.45) is 0. The third-order valence-electron chi connectivity index (χ3n) is 3.34. The number of rotatable bonds is 4. The number of aromatic nitrogens is 2.